The van der Waals surface area contributed by atoms with Crippen molar-refractivity contribution < 1.29 is 4.79 Å². The number of rotatable bonds is 2. The first-order valence-corrected chi connectivity index (χ1v) is 8.16. The van der Waals surface area contributed by atoms with Crippen molar-refractivity contribution in [3.8, 4) is 0 Å². The predicted octanol–water partition coefficient (Wildman–Crippen LogP) is 3.60. The number of halogens is 2. The van der Waals surface area contributed by atoms with E-state index in [-0.39, 0.29) is 11.8 Å². The molecular weight excluding hydrogens is 372 g/mol. The van der Waals surface area contributed by atoms with Gasteiger partial charge in [0.25, 0.3) is 0 Å². The summed E-state index contributed by atoms with van der Waals surface area (Å²) in [5.74, 6) is 0.240. The number of anilines is 1. The molecule has 0 aromatic heterocycles. The van der Waals surface area contributed by atoms with Gasteiger partial charge in [0.2, 0.25) is 5.91 Å². The summed E-state index contributed by atoms with van der Waals surface area (Å²) in [5, 5.41) is 6.56. The number of carbonyl (C=O) groups is 1. The van der Waals surface area contributed by atoms with Crippen molar-refractivity contribution in [3.05, 3.63) is 26.6 Å². The van der Waals surface area contributed by atoms with E-state index in [9.17, 15) is 4.79 Å². The monoisotopic (exact) mass is 386 g/mol. The third-order valence-corrected chi connectivity index (χ3v) is 5.32. The van der Waals surface area contributed by atoms with Crippen LogP contribution in [-0.2, 0) is 4.79 Å². The highest BCUT2D eigenvalue weighted by Gasteiger charge is 2.42. The van der Waals surface area contributed by atoms with Crippen molar-refractivity contribution in [1.82, 2.24) is 5.32 Å². The number of nitrogens with one attached hydrogen (secondary N) is 2. The number of hydrogen-bond donors (Lipinski definition) is 2. The molecule has 5 heteroatoms. The highest BCUT2D eigenvalue weighted by Crippen LogP contribution is 2.36. The highest BCUT2D eigenvalue weighted by atomic mass is 79.9. The van der Waals surface area contributed by atoms with E-state index < -0.39 is 0 Å². The molecule has 0 radical (unpaired) electrons. The maximum atomic E-state index is 12.4. The van der Waals surface area contributed by atoms with Crippen molar-refractivity contribution in [3.63, 3.8) is 0 Å². The maximum Gasteiger partial charge on any atom is 0.229 e. The van der Waals surface area contributed by atoms with Crippen LogP contribution in [0.5, 0.6) is 0 Å². The Morgan fingerprint density at radius 1 is 1.32 bits per heavy atom. The van der Waals surface area contributed by atoms with Crippen LogP contribution in [0.25, 0.3) is 0 Å². The first-order chi connectivity index (χ1) is 9.04. The molecule has 3 rings (SSSR count). The molecule has 3 nitrogen and oxygen atoms in total. The normalized spacial score (nSPS) is 28.7. The van der Waals surface area contributed by atoms with Gasteiger partial charge in [-0.25, -0.2) is 0 Å². The topological polar surface area (TPSA) is 41.1 Å². The molecule has 1 aromatic carbocycles. The predicted molar refractivity (Wildman–Crippen MR) is 83.3 cm³/mol. The van der Waals surface area contributed by atoms with Crippen LogP contribution in [-0.4, -0.2) is 18.0 Å². The molecule has 0 spiro atoms. The SMILES string of the molecule is Cc1cc(Br)c(NC(=O)C2CC3CCC2N3)c(Br)c1. The second-order valence-electron chi connectivity index (χ2n) is 5.48. The molecule has 0 aliphatic carbocycles. The van der Waals surface area contributed by atoms with Crippen LogP contribution in [0.2, 0.25) is 0 Å². The van der Waals surface area contributed by atoms with Gasteiger partial charge in [-0.1, -0.05) is 0 Å². The standard InChI is InChI=1S/C14H16Br2N2O/c1-7-4-10(15)13(11(16)5-7)18-14(19)9-6-8-2-3-12(9)17-8/h4-5,8-9,12,17H,2-3,6H2,1H3,(H,18,19). The highest BCUT2D eigenvalue weighted by molar-refractivity contribution is 9.11. The van der Waals surface area contributed by atoms with Crippen molar-refractivity contribution >= 4 is 43.5 Å². The maximum absolute atomic E-state index is 12.4. The third-order valence-electron chi connectivity index (χ3n) is 4.07. The molecule has 2 N–H and O–H groups in total. The molecule has 2 fully saturated rings. The van der Waals surface area contributed by atoms with Gasteiger partial charge in [-0.05, 0) is 75.7 Å². The van der Waals surface area contributed by atoms with Crippen molar-refractivity contribution in [2.24, 2.45) is 5.92 Å². The Bertz CT molecular complexity index is 509. The summed E-state index contributed by atoms with van der Waals surface area (Å²) < 4.78 is 1.84. The molecule has 2 bridgehead atoms. The Kier molecular flexibility index (Phi) is 3.71. The van der Waals surface area contributed by atoms with Gasteiger partial charge in [0, 0.05) is 21.0 Å². The molecule has 1 amide bonds. The summed E-state index contributed by atoms with van der Waals surface area (Å²) in [6.45, 7) is 2.03. The first kappa shape index (κ1) is 13.6. The van der Waals surface area contributed by atoms with E-state index in [1.54, 1.807) is 0 Å². The van der Waals surface area contributed by atoms with Gasteiger partial charge in [0.15, 0.2) is 0 Å². The Hall–Kier alpha value is -0.390. The lowest BCUT2D eigenvalue weighted by Crippen LogP contribution is -2.33. The lowest BCUT2D eigenvalue weighted by molar-refractivity contribution is -0.120. The second-order valence-corrected chi connectivity index (χ2v) is 7.19. The zero-order chi connectivity index (χ0) is 13.6. The zero-order valence-corrected chi connectivity index (χ0v) is 13.8. The van der Waals surface area contributed by atoms with E-state index in [2.05, 4.69) is 42.5 Å². The van der Waals surface area contributed by atoms with Crippen LogP contribution in [0.4, 0.5) is 5.69 Å². The van der Waals surface area contributed by atoms with Crippen LogP contribution >= 0.6 is 31.9 Å². The molecule has 1 aromatic rings. The minimum absolute atomic E-state index is 0.110. The van der Waals surface area contributed by atoms with Gasteiger partial charge < -0.3 is 10.6 Å². The van der Waals surface area contributed by atoms with Gasteiger partial charge in [-0.15, -0.1) is 0 Å². The molecule has 2 aliphatic heterocycles. The number of aryl methyl sites for hydroxylation is 1. The average molecular weight is 388 g/mol. The lowest BCUT2D eigenvalue weighted by Gasteiger charge is -2.20. The quantitative estimate of drug-likeness (QED) is 0.813. The summed E-state index contributed by atoms with van der Waals surface area (Å²) in [4.78, 5) is 12.4. The number of amides is 1. The Morgan fingerprint density at radius 3 is 2.53 bits per heavy atom. The number of carbonyl (C=O) groups excluding carboxylic acids is 1. The summed E-state index contributed by atoms with van der Waals surface area (Å²) in [6, 6.07) is 4.94. The molecule has 2 heterocycles. The summed E-state index contributed by atoms with van der Waals surface area (Å²) >= 11 is 7.03. The average Bonchev–Trinajstić information content (AvgIpc) is 2.95. The van der Waals surface area contributed by atoms with E-state index >= 15 is 0 Å². The van der Waals surface area contributed by atoms with Crippen LogP contribution in [0.15, 0.2) is 21.1 Å². The number of hydrogen-bond acceptors (Lipinski definition) is 2. The minimum Gasteiger partial charge on any atom is -0.324 e. The molecule has 19 heavy (non-hydrogen) atoms. The summed E-state index contributed by atoms with van der Waals surface area (Å²) in [5.41, 5.74) is 1.98. The number of benzene rings is 1. The van der Waals surface area contributed by atoms with Gasteiger partial charge in [0.05, 0.1) is 11.6 Å². The van der Waals surface area contributed by atoms with E-state index in [0.717, 1.165) is 33.0 Å². The largest absolute Gasteiger partial charge is 0.324 e. The Labute approximate surface area is 129 Å². The Morgan fingerprint density at radius 2 is 2.00 bits per heavy atom. The van der Waals surface area contributed by atoms with E-state index in [1.807, 2.05) is 19.1 Å². The summed E-state index contributed by atoms with van der Waals surface area (Å²) in [7, 11) is 0. The van der Waals surface area contributed by atoms with Crippen LogP contribution in [0.3, 0.4) is 0 Å². The van der Waals surface area contributed by atoms with Gasteiger partial charge in [0.1, 0.15) is 0 Å². The van der Waals surface area contributed by atoms with Crippen LogP contribution < -0.4 is 10.6 Å². The second kappa shape index (κ2) is 5.19. The molecule has 2 saturated heterocycles. The van der Waals surface area contributed by atoms with Crippen LogP contribution in [0.1, 0.15) is 24.8 Å². The fourth-order valence-electron chi connectivity index (χ4n) is 3.15. The lowest BCUT2D eigenvalue weighted by atomic mass is 9.88. The van der Waals surface area contributed by atoms with E-state index in [1.165, 1.54) is 6.42 Å². The van der Waals surface area contributed by atoms with Crippen molar-refractivity contribution in [2.45, 2.75) is 38.3 Å². The molecule has 3 unspecified atom stereocenters. The van der Waals surface area contributed by atoms with Crippen molar-refractivity contribution in [1.29, 1.82) is 0 Å². The molecular formula is C14H16Br2N2O. The molecule has 2 aliphatic rings. The van der Waals surface area contributed by atoms with Crippen molar-refractivity contribution in [2.75, 3.05) is 5.32 Å². The molecule has 102 valence electrons. The smallest absolute Gasteiger partial charge is 0.229 e. The zero-order valence-electron chi connectivity index (χ0n) is 10.7. The number of fused-ring (bicyclic) bond motifs is 2. The third kappa shape index (κ3) is 2.60. The fraction of sp³-hybridized carbons (Fsp3) is 0.500. The van der Waals surface area contributed by atoms with E-state index in [4.69, 9.17) is 0 Å². The Balaban J connectivity index is 1.77. The first-order valence-electron chi connectivity index (χ1n) is 6.57. The van der Waals surface area contributed by atoms with E-state index in [0.29, 0.717) is 12.1 Å². The fourth-order valence-corrected chi connectivity index (χ4v) is 4.76. The van der Waals surface area contributed by atoms with Gasteiger partial charge in [-0.3, -0.25) is 4.79 Å². The van der Waals surface area contributed by atoms with Gasteiger partial charge >= 0.3 is 0 Å². The van der Waals surface area contributed by atoms with Crippen LogP contribution in [0, 0.1) is 12.8 Å². The molecule has 0 saturated carbocycles. The molecule has 3 atom stereocenters. The minimum atomic E-state index is 0.110. The van der Waals surface area contributed by atoms with Gasteiger partial charge in [-0.2, -0.15) is 0 Å². The summed E-state index contributed by atoms with van der Waals surface area (Å²) in [6.07, 6.45) is 3.31.